The molecule has 0 aliphatic carbocycles. The molecule has 0 saturated heterocycles. The van der Waals surface area contributed by atoms with Gasteiger partial charge in [0.05, 0.1) is 10.5 Å². The third kappa shape index (κ3) is 3.57. The van der Waals surface area contributed by atoms with E-state index in [4.69, 9.17) is 28.8 Å². The van der Waals surface area contributed by atoms with E-state index in [0.717, 1.165) is 0 Å². The summed E-state index contributed by atoms with van der Waals surface area (Å²) in [5.74, 6) is -1.39. The molecule has 0 saturated carbocycles. The molecule has 1 N–H and O–H groups in total. The number of anilines is 1. The Balaban J connectivity index is 2.99. The normalized spacial score (nSPS) is 37.7. The molecular formula is C16H24N2O. The van der Waals surface area contributed by atoms with Gasteiger partial charge in [0.1, 0.15) is 0 Å². The number of benzene rings is 1. The molecule has 0 fully saturated rings. The highest BCUT2D eigenvalue weighted by Crippen LogP contribution is 2.26. The number of rotatable bonds is 7. The van der Waals surface area contributed by atoms with Gasteiger partial charge in [-0.2, -0.15) is 0 Å². The first-order valence-electron chi connectivity index (χ1n) is 15.6. The van der Waals surface area contributed by atoms with Crippen molar-refractivity contribution in [1.82, 2.24) is 4.90 Å². The van der Waals surface area contributed by atoms with Crippen molar-refractivity contribution in [2.45, 2.75) is 39.2 Å². The van der Waals surface area contributed by atoms with Crippen LogP contribution in [-0.2, 0) is 17.6 Å². The van der Waals surface area contributed by atoms with Gasteiger partial charge >= 0.3 is 0 Å². The smallest absolute Gasteiger partial charge is 0.228 e. The average molecular weight is 282 g/mol. The Morgan fingerprint density at radius 1 is 1.42 bits per heavy atom. The zero-order valence-electron chi connectivity index (χ0n) is 30.6. The largest absolute Gasteiger partial charge is 0.326 e. The van der Waals surface area contributed by atoms with Gasteiger partial charge in [0, 0.05) is 36.9 Å². The quantitative estimate of drug-likeness (QED) is 0.833. The molecule has 1 heterocycles. The maximum absolute atomic E-state index is 12.2. The molecule has 0 unspecified atom stereocenters. The number of nitrogens with zero attached hydrogens (tertiary/aromatic N) is 1. The average Bonchev–Trinajstić information content (AvgIpc) is 2.96. The molecule has 3 nitrogen and oxygen atoms in total. The van der Waals surface area contributed by atoms with Crippen molar-refractivity contribution in [2.24, 2.45) is 0 Å². The van der Waals surface area contributed by atoms with Crippen LogP contribution in [0.15, 0.2) is 18.1 Å². The molecular weight excluding hydrogens is 236 g/mol. The van der Waals surface area contributed by atoms with Crippen molar-refractivity contribution in [3.8, 4) is 0 Å². The number of hydrogen-bond acceptors (Lipinski definition) is 2. The van der Waals surface area contributed by atoms with Crippen LogP contribution >= 0.6 is 0 Å². The van der Waals surface area contributed by atoms with E-state index in [1.54, 1.807) is 0 Å². The van der Waals surface area contributed by atoms with Crippen LogP contribution in [0.5, 0.6) is 0 Å². The third-order valence-corrected chi connectivity index (χ3v) is 2.18. The molecule has 0 radical (unpaired) electrons. The Morgan fingerprint density at radius 2 is 2.21 bits per heavy atom. The van der Waals surface area contributed by atoms with Crippen molar-refractivity contribution >= 4 is 11.6 Å². The number of carbonyl (C=O) groups excluding carboxylic acids is 1. The van der Waals surface area contributed by atoms with Crippen molar-refractivity contribution < 1.29 is 33.6 Å². The fourth-order valence-corrected chi connectivity index (χ4v) is 1.44. The van der Waals surface area contributed by atoms with Crippen LogP contribution in [0.3, 0.4) is 0 Å². The Hall–Kier alpha value is -1.35. The van der Waals surface area contributed by atoms with Gasteiger partial charge < -0.3 is 10.2 Å². The topological polar surface area (TPSA) is 32.3 Å². The lowest BCUT2D eigenvalue weighted by Gasteiger charge is -2.21. The van der Waals surface area contributed by atoms with Crippen LogP contribution in [0.25, 0.3) is 0 Å². The molecule has 3 heteroatoms. The van der Waals surface area contributed by atoms with Gasteiger partial charge in [0.2, 0.25) is 5.91 Å². The molecule has 1 amide bonds. The first-order chi connectivity index (χ1) is 17.3. The maximum Gasteiger partial charge on any atom is 0.228 e. The van der Waals surface area contributed by atoms with E-state index in [9.17, 15) is 4.79 Å². The van der Waals surface area contributed by atoms with Crippen LogP contribution in [0.2, 0.25) is 0 Å². The minimum atomic E-state index is -4.37. The highest BCUT2D eigenvalue weighted by atomic mass is 16.1. The minimum absolute atomic E-state index is 0.657. The van der Waals surface area contributed by atoms with Crippen LogP contribution in [-0.4, -0.2) is 30.3 Å². The standard InChI is InChI=1S/C16H24N2O/c1-3-9-18(10-4-2)11-8-13-6-5-7-15-14(13)12-16(19)17-15/h5-7H,3-4,8-12H2,1-2H3,(H,17,19)/i1D3,2D3,3D2,4D2,5D,6D,7D,9D2,10D2,11D2,12D2. The molecule has 1 aromatic carbocycles. The Kier molecular flexibility index (Phi) is 1.10. The first kappa shape index (κ1) is 3.11. The SMILES string of the molecule is [2H]c1c([2H])c(CC([2H])([2H])N(C([2H])([2H])C([2H])([2H])C([2H])([2H])[2H])C([2H])([2H])C([2H])([2H])C([2H])([2H])[2H])c2c(c1[2H])NC(=O)C2([2H])[2H]. The Morgan fingerprint density at radius 3 is 2.95 bits per heavy atom. The van der Waals surface area contributed by atoms with E-state index in [-0.39, 0.29) is 0 Å². The predicted molar refractivity (Wildman–Crippen MR) is 79.5 cm³/mol. The van der Waals surface area contributed by atoms with E-state index in [2.05, 4.69) is 0 Å². The number of carbonyl (C=O) groups is 1. The molecule has 1 aliphatic heterocycles. The second-order valence-electron chi connectivity index (χ2n) is 3.33. The highest BCUT2D eigenvalue weighted by Gasteiger charge is 2.20. The van der Waals surface area contributed by atoms with Crippen LogP contribution in [0.1, 0.15) is 66.4 Å². The minimum Gasteiger partial charge on any atom is -0.326 e. The molecule has 1 aromatic rings. The molecule has 19 heavy (non-hydrogen) atoms. The summed E-state index contributed by atoms with van der Waals surface area (Å²) >= 11 is 0. The summed E-state index contributed by atoms with van der Waals surface area (Å²) in [5.41, 5.74) is -2.43. The molecule has 0 atom stereocenters. The highest BCUT2D eigenvalue weighted by molar-refractivity contribution is 5.99. The summed E-state index contributed by atoms with van der Waals surface area (Å²) in [7, 11) is 0. The van der Waals surface area contributed by atoms with Gasteiger partial charge in [-0.15, -0.1) is 0 Å². The van der Waals surface area contributed by atoms with Gasteiger partial charge in [-0.3, -0.25) is 4.79 Å². The molecule has 104 valence electrons. The van der Waals surface area contributed by atoms with Crippen molar-refractivity contribution in [1.29, 1.82) is 0 Å². The zero-order valence-corrected chi connectivity index (χ0v) is 9.56. The van der Waals surface area contributed by atoms with Crippen LogP contribution in [0.4, 0.5) is 5.69 Å². The fraction of sp³-hybridized carbons (Fsp3) is 0.562. The fourth-order valence-electron chi connectivity index (χ4n) is 1.44. The molecule has 2 rings (SSSR count). The summed E-state index contributed by atoms with van der Waals surface area (Å²) in [6.07, 6.45) is -13.1. The lowest BCUT2D eigenvalue weighted by atomic mass is 10.0. The Labute approximate surface area is 145 Å². The number of nitrogens with one attached hydrogen (secondary N) is 1. The van der Waals surface area contributed by atoms with E-state index < -0.39 is 104 Å². The van der Waals surface area contributed by atoms with Crippen molar-refractivity contribution in [2.75, 3.05) is 24.8 Å². The number of fused-ring (bicyclic) bond motifs is 1. The van der Waals surface area contributed by atoms with Gasteiger partial charge in [-0.1, -0.05) is 25.8 Å². The Bertz CT molecular complexity index is 1160. The van der Waals surface area contributed by atoms with Gasteiger partial charge in [-0.05, 0) is 49.3 Å². The zero-order chi connectivity index (χ0) is 32.0. The predicted octanol–water partition coefficient (Wildman–Crippen LogP) is 2.85. The number of amides is 1. The lowest BCUT2D eigenvalue weighted by molar-refractivity contribution is -0.115. The summed E-state index contributed by atoms with van der Waals surface area (Å²) < 4.78 is 167. The summed E-state index contributed by atoms with van der Waals surface area (Å²) in [5, 5.41) is 1.97. The van der Waals surface area contributed by atoms with Gasteiger partial charge in [-0.25, -0.2) is 0 Å². The monoisotopic (exact) mass is 281 g/mol. The number of hydrogen-bond donors (Lipinski definition) is 1. The van der Waals surface area contributed by atoms with Crippen molar-refractivity contribution in [3.05, 3.63) is 29.3 Å². The second kappa shape index (κ2) is 6.71. The van der Waals surface area contributed by atoms with Crippen LogP contribution < -0.4 is 5.32 Å². The van der Waals surface area contributed by atoms with E-state index in [0.29, 0.717) is 0 Å². The van der Waals surface area contributed by atoms with Gasteiger partial charge in [0.15, 0.2) is 0 Å². The molecule has 1 aliphatic rings. The first-order valence-corrected chi connectivity index (χ1v) is 5.08. The van der Waals surface area contributed by atoms with E-state index in [1.807, 2.05) is 5.32 Å². The van der Waals surface area contributed by atoms with E-state index >= 15 is 0 Å². The van der Waals surface area contributed by atoms with Crippen LogP contribution in [0, 0.1) is 0 Å². The lowest BCUT2D eigenvalue weighted by Crippen LogP contribution is -2.28. The third-order valence-electron chi connectivity index (χ3n) is 2.18. The molecule has 0 aromatic heterocycles. The van der Waals surface area contributed by atoms with Crippen molar-refractivity contribution in [3.63, 3.8) is 0 Å². The second-order valence-corrected chi connectivity index (χ2v) is 3.33. The molecule has 0 bridgehead atoms. The maximum atomic E-state index is 12.2. The molecule has 0 spiro atoms. The summed E-state index contributed by atoms with van der Waals surface area (Å²) in [6, 6.07) is -2.90. The van der Waals surface area contributed by atoms with Gasteiger partial charge in [0.25, 0.3) is 0 Å². The summed E-state index contributed by atoms with van der Waals surface area (Å²) in [4.78, 5) is 11.3. The van der Waals surface area contributed by atoms with E-state index in [1.165, 1.54) is 0 Å². The summed E-state index contributed by atoms with van der Waals surface area (Å²) in [6.45, 7) is -20.5.